The third-order valence-corrected chi connectivity index (χ3v) is 2.03. The standard InChI is InChI=1S/C9H18N2O3/c1-4-5-9(3,8(13)14)11-7(12)6(2)10/h6H,4-5,10H2,1-3H3,(H,11,12)(H,13,14). The SMILES string of the molecule is CCCC(C)(NC(=O)C(C)N)C(=O)O. The predicted octanol–water partition coefficient (Wildman–Crippen LogP) is 0.0932. The minimum atomic E-state index is -1.21. The highest BCUT2D eigenvalue weighted by molar-refractivity contribution is 5.88. The average Bonchev–Trinajstić information content (AvgIpc) is 2.03. The third-order valence-electron chi connectivity index (χ3n) is 2.03. The van der Waals surface area contributed by atoms with E-state index in [-0.39, 0.29) is 0 Å². The van der Waals surface area contributed by atoms with Gasteiger partial charge in [-0.3, -0.25) is 4.79 Å². The summed E-state index contributed by atoms with van der Waals surface area (Å²) < 4.78 is 0. The van der Waals surface area contributed by atoms with Gasteiger partial charge in [0.1, 0.15) is 5.54 Å². The summed E-state index contributed by atoms with van der Waals surface area (Å²) in [6.45, 7) is 4.86. The van der Waals surface area contributed by atoms with E-state index in [9.17, 15) is 9.59 Å². The Hall–Kier alpha value is -1.10. The maximum atomic E-state index is 11.2. The van der Waals surface area contributed by atoms with E-state index in [1.807, 2.05) is 6.92 Å². The zero-order valence-electron chi connectivity index (χ0n) is 8.83. The summed E-state index contributed by atoms with van der Waals surface area (Å²) in [5, 5.41) is 11.4. The van der Waals surface area contributed by atoms with Crippen molar-refractivity contribution in [2.75, 3.05) is 0 Å². The molecule has 0 saturated heterocycles. The highest BCUT2D eigenvalue weighted by atomic mass is 16.4. The van der Waals surface area contributed by atoms with E-state index in [0.29, 0.717) is 12.8 Å². The first kappa shape index (κ1) is 12.9. The second-order valence-electron chi connectivity index (χ2n) is 3.67. The Morgan fingerprint density at radius 2 is 2.07 bits per heavy atom. The molecular weight excluding hydrogens is 184 g/mol. The molecule has 0 aromatic carbocycles. The van der Waals surface area contributed by atoms with Crippen LogP contribution in [0.4, 0.5) is 0 Å². The number of rotatable bonds is 5. The van der Waals surface area contributed by atoms with Crippen molar-refractivity contribution in [1.82, 2.24) is 5.32 Å². The molecule has 82 valence electrons. The number of hydrogen-bond acceptors (Lipinski definition) is 3. The molecule has 14 heavy (non-hydrogen) atoms. The van der Waals surface area contributed by atoms with Crippen LogP contribution in [0.3, 0.4) is 0 Å². The minimum absolute atomic E-state index is 0.390. The minimum Gasteiger partial charge on any atom is -0.480 e. The van der Waals surface area contributed by atoms with E-state index in [4.69, 9.17) is 10.8 Å². The van der Waals surface area contributed by atoms with Gasteiger partial charge in [-0.05, 0) is 20.3 Å². The first-order valence-corrected chi connectivity index (χ1v) is 4.64. The lowest BCUT2D eigenvalue weighted by atomic mass is 9.96. The number of carbonyl (C=O) groups is 2. The predicted molar refractivity (Wildman–Crippen MR) is 52.7 cm³/mol. The lowest BCUT2D eigenvalue weighted by Crippen LogP contribution is -2.55. The maximum Gasteiger partial charge on any atom is 0.329 e. The third kappa shape index (κ3) is 3.33. The summed E-state index contributed by atoms with van der Waals surface area (Å²) in [7, 11) is 0. The average molecular weight is 202 g/mol. The van der Waals surface area contributed by atoms with Crippen LogP contribution in [-0.2, 0) is 9.59 Å². The molecule has 0 saturated carbocycles. The molecule has 4 N–H and O–H groups in total. The number of carboxylic acid groups (broad SMARTS) is 1. The van der Waals surface area contributed by atoms with Crippen LogP contribution in [0.15, 0.2) is 0 Å². The molecule has 0 aromatic heterocycles. The van der Waals surface area contributed by atoms with Gasteiger partial charge in [0.2, 0.25) is 5.91 Å². The molecule has 0 aromatic rings. The van der Waals surface area contributed by atoms with Crippen LogP contribution in [0.5, 0.6) is 0 Å². The van der Waals surface area contributed by atoms with Gasteiger partial charge in [0.05, 0.1) is 6.04 Å². The zero-order valence-corrected chi connectivity index (χ0v) is 8.83. The highest BCUT2D eigenvalue weighted by Crippen LogP contribution is 2.12. The van der Waals surface area contributed by atoms with Gasteiger partial charge in [0.15, 0.2) is 0 Å². The van der Waals surface area contributed by atoms with E-state index >= 15 is 0 Å². The molecule has 0 aliphatic carbocycles. The number of carboxylic acids is 1. The van der Waals surface area contributed by atoms with Crippen LogP contribution in [0.1, 0.15) is 33.6 Å². The van der Waals surface area contributed by atoms with Crippen molar-refractivity contribution in [2.45, 2.75) is 45.2 Å². The van der Waals surface area contributed by atoms with Crippen molar-refractivity contribution in [1.29, 1.82) is 0 Å². The quantitative estimate of drug-likeness (QED) is 0.589. The Bertz CT molecular complexity index is 228. The van der Waals surface area contributed by atoms with Crippen molar-refractivity contribution in [3.05, 3.63) is 0 Å². The van der Waals surface area contributed by atoms with Crippen LogP contribution in [0.2, 0.25) is 0 Å². The Morgan fingerprint density at radius 3 is 2.36 bits per heavy atom. The van der Waals surface area contributed by atoms with Gasteiger partial charge >= 0.3 is 5.97 Å². The molecule has 0 fully saturated rings. The van der Waals surface area contributed by atoms with Crippen molar-refractivity contribution in [3.63, 3.8) is 0 Å². The first-order chi connectivity index (χ1) is 6.33. The second kappa shape index (κ2) is 4.95. The summed E-state index contributed by atoms with van der Waals surface area (Å²) in [5.41, 5.74) is 4.13. The summed E-state index contributed by atoms with van der Waals surface area (Å²) in [6, 6.07) is -0.689. The van der Waals surface area contributed by atoms with Crippen LogP contribution in [-0.4, -0.2) is 28.6 Å². The van der Waals surface area contributed by atoms with Gasteiger partial charge in [-0.2, -0.15) is 0 Å². The topological polar surface area (TPSA) is 92.4 Å². The van der Waals surface area contributed by atoms with Crippen molar-refractivity contribution in [3.8, 4) is 0 Å². The van der Waals surface area contributed by atoms with E-state index in [1.165, 1.54) is 13.8 Å². The second-order valence-corrected chi connectivity index (χ2v) is 3.67. The Kier molecular flexibility index (Phi) is 4.56. The van der Waals surface area contributed by atoms with Gasteiger partial charge in [0, 0.05) is 0 Å². The van der Waals surface area contributed by atoms with Gasteiger partial charge in [0.25, 0.3) is 0 Å². The van der Waals surface area contributed by atoms with E-state index in [2.05, 4.69) is 5.32 Å². The van der Waals surface area contributed by atoms with Gasteiger partial charge in [-0.25, -0.2) is 4.79 Å². The summed E-state index contributed by atoms with van der Waals surface area (Å²) in [4.78, 5) is 22.2. The zero-order chi connectivity index (χ0) is 11.4. The molecule has 0 aliphatic heterocycles. The Morgan fingerprint density at radius 1 is 1.57 bits per heavy atom. The molecular formula is C9H18N2O3. The molecule has 0 heterocycles. The fourth-order valence-corrected chi connectivity index (χ4v) is 1.11. The maximum absolute atomic E-state index is 11.2. The number of hydrogen-bond donors (Lipinski definition) is 3. The fourth-order valence-electron chi connectivity index (χ4n) is 1.11. The molecule has 5 heteroatoms. The molecule has 0 rings (SSSR count). The van der Waals surface area contributed by atoms with Crippen LogP contribution in [0.25, 0.3) is 0 Å². The van der Waals surface area contributed by atoms with Crippen molar-refractivity contribution >= 4 is 11.9 Å². The lowest BCUT2D eigenvalue weighted by Gasteiger charge is -2.26. The first-order valence-electron chi connectivity index (χ1n) is 4.64. The lowest BCUT2D eigenvalue weighted by molar-refractivity contribution is -0.147. The molecule has 0 spiro atoms. The number of nitrogens with two attached hydrogens (primary N) is 1. The molecule has 5 nitrogen and oxygen atoms in total. The van der Waals surface area contributed by atoms with Crippen molar-refractivity contribution < 1.29 is 14.7 Å². The normalized spacial score (nSPS) is 16.9. The molecule has 1 amide bonds. The number of nitrogens with one attached hydrogen (secondary N) is 1. The molecule has 0 bridgehead atoms. The summed E-state index contributed by atoms with van der Waals surface area (Å²) in [6.07, 6.45) is 1.07. The molecule has 0 aliphatic rings. The summed E-state index contributed by atoms with van der Waals surface area (Å²) >= 11 is 0. The summed E-state index contributed by atoms with van der Waals surface area (Å²) in [5.74, 6) is -1.48. The van der Waals surface area contributed by atoms with Gasteiger partial charge in [-0.1, -0.05) is 13.3 Å². The largest absolute Gasteiger partial charge is 0.480 e. The Labute approximate surface area is 83.7 Å². The van der Waals surface area contributed by atoms with E-state index < -0.39 is 23.5 Å². The number of carbonyl (C=O) groups excluding carboxylic acids is 1. The molecule has 2 atom stereocenters. The number of aliphatic carboxylic acids is 1. The van der Waals surface area contributed by atoms with E-state index in [1.54, 1.807) is 0 Å². The van der Waals surface area contributed by atoms with Crippen LogP contribution < -0.4 is 11.1 Å². The van der Waals surface area contributed by atoms with E-state index in [0.717, 1.165) is 0 Å². The van der Waals surface area contributed by atoms with Crippen LogP contribution >= 0.6 is 0 Å². The monoisotopic (exact) mass is 202 g/mol. The Balaban J connectivity index is 4.52. The fraction of sp³-hybridized carbons (Fsp3) is 0.778. The smallest absolute Gasteiger partial charge is 0.329 e. The number of amides is 1. The highest BCUT2D eigenvalue weighted by Gasteiger charge is 2.34. The van der Waals surface area contributed by atoms with Gasteiger partial charge < -0.3 is 16.2 Å². The van der Waals surface area contributed by atoms with Gasteiger partial charge in [-0.15, -0.1) is 0 Å². The molecule has 2 unspecified atom stereocenters. The van der Waals surface area contributed by atoms with Crippen molar-refractivity contribution in [2.24, 2.45) is 5.73 Å². The van der Waals surface area contributed by atoms with Crippen LogP contribution in [0, 0.1) is 0 Å². The molecule has 0 radical (unpaired) electrons.